The normalized spacial score (nSPS) is 10.8. The molecule has 0 bridgehead atoms. The van der Waals surface area contributed by atoms with Crippen LogP contribution >= 0.6 is 45.2 Å². The van der Waals surface area contributed by atoms with Crippen molar-refractivity contribution in [2.24, 2.45) is 0 Å². The van der Waals surface area contributed by atoms with Crippen LogP contribution in [-0.4, -0.2) is 25.1 Å². The number of carbonyl (C=O) groups excluding carboxylic acids is 2. The topological polar surface area (TPSA) is 88.4 Å². The maximum atomic E-state index is 12.5. The second kappa shape index (κ2) is 11.9. The summed E-state index contributed by atoms with van der Waals surface area (Å²) in [7, 11) is 0. The van der Waals surface area contributed by atoms with Crippen LogP contribution in [0.4, 0.5) is 5.69 Å². The maximum absolute atomic E-state index is 12.5. The lowest BCUT2D eigenvalue weighted by Crippen LogP contribution is -2.15. The van der Waals surface area contributed by atoms with Gasteiger partial charge in [0.15, 0.2) is 6.61 Å². The van der Waals surface area contributed by atoms with Crippen molar-refractivity contribution in [3.05, 3.63) is 60.2 Å². The lowest BCUT2D eigenvalue weighted by atomic mass is 10.1. The van der Waals surface area contributed by atoms with Gasteiger partial charge in [0, 0.05) is 5.69 Å². The summed E-state index contributed by atoms with van der Waals surface area (Å²) in [5, 5.41) is 12.2. The average molecular weight is 630 g/mol. The molecule has 2 aromatic rings. The summed E-state index contributed by atoms with van der Waals surface area (Å²) in [5.41, 5.74) is 2.46. The Morgan fingerprint density at radius 3 is 2.30 bits per heavy atom. The molecule has 2 rings (SSSR count). The molecule has 0 atom stereocenters. The van der Waals surface area contributed by atoms with E-state index in [2.05, 4.69) is 57.4 Å². The van der Waals surface area contributed by atoms with Gasteiger partial charge >= 0.3 is 5.97 Å². The maximum Gasteiger partial charge on any atom is 0.344 e. The number of rotatable bonds is 8. The number of hydrogen-bond acceptors (Lipinski definition) is 5. The van der Waals surface area contributed by atoms with E-state index in [9.17, 15) is 14.9 Å². The molecule has 1 N–H and O–H groups in total. The number of carbonyl (C=O) groups is 2. The number of ether oxygens (including phenoxy) is 2. The van der Waals surface area contributed by atoms with Crippen molar-refractivity contribution < 1.29 is 19.1 Å². The highest BCUT2D eigenvalue weighted by Crippen LogP contribution is 2.30. The van der Waals surface area contributed by atoms with E-state index in [0.29, 0.717) is 23.6 Å². The van der Waals surface area contributed by atoms with Gasteiger partial charge in [0.25, 0.3) is 5.91 Å². The average Bonchev–Trinajstić information content (AvgIpc) is 2.72. The van der Waals surface area contributed by atoms with Crippen molar-refractivity contribution in [3.8, 4) is 11.8 Å². The van der Waals surface area contributed by atoms with Crippen LogP contribution < -0.4 is 10.1 Å². The van der Waals surface area contributed by atoms with Gasteiger partial charge in [0.05, 0.1) is 13.7 Å². The largest absolute Gasteiger partial charge is 0.480 e. The highest BCUT2D eigenvalue weighted by molar-refractivity contribution is 14.1. The number of esters is 1. The van der Waals surface area contributed by atoms with E-state index in [1.165, 1.54) is 11.6 Å². The lowest BCUT2D eigenvalue weighted by molar-refractivity contribution is -0.145. The Balaban J connectivity index is 2.17. The number of hydrogen-bond donors (Lipinski definition) is 1. The number of aryl methyl sites for hydroxylation is 1. The number of nitriles is 1. The van der Waals surface area contributed by atoms with Crippen LogP contribution in [0.5, 0.6) is 5.75 Å². The third-order valence-corrected chi connectivity index (χ3v) is 5.56. The number of nitrogens with one attached hydrogen (secondary N) is 1. The zero-order valence-corrected chi connectivity index (χ0v) is 20.8. The SMILES string of the molecule is CCOC(=O)COc1c(I)cc(/C=C(\C#N)C(=O)Nc2ccc(CC)cc2)cc1I. The molecule has 0 aromatic heterocycles. The van der Waals surface area contributed by atoms with Gasteiger partial charge in [-0.05, 0) is 100.0 Å². The Kier molecular flexibility index (Phi) is 9.58. The molecule has 0 spiro atoms. The van der Waals surface area contributed by atoms with Gasteiger partial charge in [0.1, 0.15) is 17.4 Å². The predicted molar refractivity (Wildman–Crippen MR) is 132 cm³/mol. The minimum atomic E-state index is -0.477. The van der Waals surface area contributed by atoms with Crippen LogP contribution in [0.3, 0.4) is 0 Å². The van der Waals surface area contributed by atoms with Crippen molar-refractivity contribution in [3.63, 3.8) is 0 Å². The quantitative estimate of drug-likeness (QED) is 0.193. The van der Waals surface area contributed by atoms with Gasteiger partial charge < -0.3 is 14.8 Å². The second-order valence-corrected chi connectivity index (χ2v) is 8.41. The number of benzene rings is 2. The summed E-state index contributed by atoms with van der Waals surface area (Å²) < 4.78 is 11.9. The molecule has 0 aliphatic rings. The van der Waals surface area contributed by atoms with Crippen molar-refractivity contribution in [2.75, 3.05) is 18.5 Å². The van der Waals surface area contributed by atoms with Gasteiger partial charge in [-0.3, -0.25) is 4.79 Å². The number of anilines is 1. The van der Waals surface area contributed by atoms with Crippen LogP contribution in [0, 0.1) is 18.5 Å². The van der Waals surface area contributed by atoms with Gasteiger partial charge in [0.2, 0.25) is 0 Å². The zero-order chi connectivity index (χ0) is 22.1. The molecule has 0 saturated heterocycles. The van der Waals surface area contributed by atoms with Crippen molar-refractivity contribution >= 4 is 68.8 Å². The Hall–Kier alpha value is -2.13. The van der Waals surface area contributed by atoms with Crippen molar-refractivity contribution in [1.82, 2.24) is 0 Å². The molecule has 0 radical (unpaired) electrons. The standard InChI is InChI=1S/C22H20I2N2O4/c1-3-14-5-7-17(8-6-14)26-22(28)16(12-25)9-15-10-18(23)21(19(24)11-15)30-13-20(27)29-4-2/h5-11H,3-4,13H2,1-2H3,(H,26,28)/b16-9+. The fourth-order valence-electron chi connectivity index (χ4n) is 2.47. The molecule has 0 fully saturated rings. The Labute approximate surface area is 202 Å². The van der Waals surface area contributed by atoms with Crippen LogP contribution in [0.25, 0.3) is 6.08 Å². The fraction of sp³-hybridized carbons (Fsp3) is 0.227. The summed E-state index contributed by atoms with van der Waals surface area (Å²) in [6.07, 6.45) is 2.43. The first kappa shape index (κ1) is 24.1. The highest BCUT2D eigenvalue weighted by atomic mass is 127. The van der Waals surface area contributed by atoms with Gasteiger partial charge in [-0.25, -0.2) is 4.79 Å². The van der Waals surface area contributed by atoms with Crippen LogP contribution in [-0.2, 0) is 20.7 Å². The zero-order valence-electron chi connectivity index (χ0n) is 16.5. The molecule has 1 amide bonds. The van der Waals surface area contributed by atoms with Crippen molar-refractivity contribution in [1.29, 1.82) is 5.26 Å². The molecule has 0 aliphatic heterocycles. The van der Waals surface area contributed by atoms with Crippen LogP contribution in [0.1, 0.15) is 25.0 Å². The summed E-state index contributed by atoms with van der Waals surface area (Å²) in [5.74, 6) is -0.363. The lowest BCUT2D eigenvalue weighted by Gasteiger charge is -2.11. The molecule has 2 aromatic carbocycles. The van der Waals surface area contributed by atoms with E-state index in [4.69, 9.17) is 9.47 Å². The van der Waals surface area contributed by atoms with E-state index in [1.54, 1.807) is 19.1 Å². The molecule has 0 aliphatic carbocycles. The first-order valence-electron chi connectivity index (χ1n) is 9.17. The Bertz CT molecular complexity index is 972. The van der Waals surface area contributed by atoms with E-state index in [0.717, 1.165) is 13.6 Å². The molecule has 0 unspecified atom stereocenters. The van der Waals surface area contributed by atoms with Gasteiger partial charge in [-0.2, -0.15) is 5.26 Å². The summed E-state index contributed by atoms with van der Waals surface area (Å²) in [6.45, 7) is 3.90. The summed E-state index contributed by atoms with van der Waals surface area (Å²) in [4.78, 5) is 24.0. The van der Waals surface area contributed by atoms with E-state index >= 15 is 0 Å². The third kappa shape index (κ3) is 6.98. The number of nitrogens with zero attached hydrogens (tertiary/aromatic N) is 1. The van der Waals surface area contributed by atoms with E-state index in [-0.39, 0.29) is 12.2 Å². The predicted octanol–water partition coefficient (Wildman–Crippen LogP) is 4.95. The molecular formula is C22H20I2N2O4. The fourth-order valence-corrected chi connectivity index (χ4v) is 4.60. The molecule has 156 valence electrons. The summed E-state index contributed by atoms with van der Waals surface area (Å²) >= 11 is 4.17. The number of halogens is 2. The third-order valence-electron chi connectivity index (χ3n) is 3.96. The molecule has 0 heterocycles. The molecular weight excluding hydrogens is 610 g/mol. The Morgan fingerprint density at radius 1 is 1.13 bits per heavy atom. The molecule has 0 saturated carbocycles. The molecule has 8 heteroatoms. The van der Waals surface area contributed by atoms with Gasteiger partial charge in [-0.15, -0.1) is 0 Å². The first-order valence-corrected chi connectivity index (χ1v) is 11.3. The van der Waals surface area contributed by atoms with E-state index in [1.807, 2.05) is 30.3 Å². The second-order valence-electron chi connectivity index (χ2n) is 6.08. The van der Waals surface area contributed by atoms with E-state index < -0.39 is 11.9 Å². The smallest absolute Gasteiger partial charge is 0.344 e. The Morgan fingerprint density at radius 2 is 1.77 bits per heavy atom. The summed E-state index contributed by atoms with van der Waals surface area (Å²) in [6, 6.07) is 13.0. The van der Waals surface area contributed by atoms with Crippen LogP contribution in [0.15, 0.2) is 42.0 Å². The number of amides is 1. The minimum Gasteiger partial charge on any atom is -0.480 e. The van der Waals surface area contributed by atoms with Crippen molar-refractivity contribution in [2.45, 2.75) is 20.3 Å². The molecule has 30 heavy (non-hydrogen) atoms. The molecule has 6 nitrogen and oxygen atoms in total. The van der Waals surface area contributed by atoms with Gasteiger partial charge in [-0.1, -0.05) is 19.1 Å². The van der Waals surface area contributed by atoms with Crippen LogP contribution in [0.2, 0.25) is 0 Å². The first-order chi connectivity index (χ1) is 14.4. The monoisotopic (exact) mass is 630 g/mol. The minimum absolute atomic E-state index is 0.0126. The highest BCUT2D eigenvalue weighted by Gasteiger charge is 2.14.